The highest BCUT2D eigenvalue weighted by molar-refractivity contribution is 7.03. The largest absolute Gasteiger partial charge is 0.265 e. The molecule has 6 heteroatoms. The lowest BCUT2D eigenvalue weighted by Crippen LogP contribution is -2.03. The molecule has 0 aromatic carbocycles. The van der Waals surface area contributed by atoms with Crippen molar-refractivity contribution in [3.8, 4) is 0 Å². The van der Waals surface area contributed by atoms with E-state index in [1.54, 1.807) is 5.38 Å². The predicted octanol–water partition coefficient (Wildman–Crippen LogP) is 0.357. The van der Waals surface area contributed by atoms with Crippen LogP contribution in [0.1, 0.15) is 5.69 Å². The number of nitro groups is 1. The number of aromatic nitrogens is 2. The fraction of sp³-hybridized carbons (Fsp3) is 0.500. The van der Waals surface area contributed by atoms with Gasteiger partial charge >= 0.3 is 0 Å². The zero-order chi connectivity index (χ0) is 7.40. The molecular formula is C4H5N3O2S. The van der Waals surface area contributed by atoms with Crippen LogP contribution in [0.4, 0.5) is 0 Å². The van der Waals surface area contributed by atoms with Crippen molar-refractivity contribution in [2.75, 3.05) is 6.54 Å². The lowest BCUT2D eigenvalue weighted by Gasteiger charge is -1.86. The minimum absolute atomic E-state index is 0.0641. The third-order valence-corrected chi connectivity index (χ3v) is 1.51. The van der Waals surface area contributed by atoms with Crippen LogP contribution in [0.3, 0.4) is 0 Å². The van der Waals surface area contributed by atoms with E-state index >= 15 is 0 Å². The molecule has 0 saturated heterocycles. The topological polar surface area (TPSA) is 68.9 Å². The van der Waals surface area contributed by atoms with Crippen LogP contribution < -0.4 is 0 Å². The molecule has 1 aromatic heterocycles. The molecule has 10 heavy (non-hydrogen) atoms. The second-order valence-electron chi connectivity index (χ2n) is 1.70. The summed E-state index contributed by atoms with van der Waals surface area (Å²) in [4.78, 5) is 9.49. The van der Waals surface area contributed by atoms with Crippen LogP contribution in [0, 0.1) is 10.1 Å². The van der Waals surface area contributed by atoms with Gasteiger partial charge in [-0.2, -0.15) is 0 Å². The monoisotopic (exact) mass is 159 g/mol. The summed E-state index contributed by atoms with van der Waals surface area (Å²) >= 11 is 1.21. The molecule has 0 atom stereocenters. The Balaban J connectivity index is 2.35. The van der Waals surface area contributed by atoms with E-state index < -0.39 is 0 Å². The third-order valence-electron chi connectivity index (χ3n) is 0.956. The Bertz CT molecular complexity index is 210. The fourth-order valence-corrected chi connectivity index (χ4v) is 0.985. The summed E-state index contributed by atoms with van der Waals surface area (Å²) in [5, 5.41) is 15.2. The van der Waals surface area contributed by atoms with Gasteiger partial charge in [0.1, 0.15) is 0 Å². The molecule has 5 nitrogen and oxygen atoms in total. The first kappa shape index (κ1) is 7.07. The standard InChI is InChI=1S/C4H5N3O2S/c8-7(9)2-1-4-3-10-6-5-4/h3H,1-2H2. The summed E-state index contributed by atoms with van der Waals surface area (Å²) in [6, 6.07) is 0. The van der Waals surface area contributed by atoms with Gasteiger partial charge in [-0.25, -0.2) is 0 Å². The van der Waals surface area contributed by atoms with E-state index in [1.807, 2.05) is 0 Å². The normalized spacial score (nSPS) is 9.60. The summed E-state index contributed by atoms with van der Waals surface area (Å²) in [6.45, 7) is -0.0641. The van der Waals surface area contributed by atoms with Crippen LogP contribution in [0.15, 0.2) is 5.38 Å². The summed E-state index contributed by atoms with van der Waals surface area (Å²) in [5.74, 6) is 0. The Kier molecular flexibility index (Phi) is 2.27. The molecule has 0 saturated carbocycles. The first-order valence-electron chi connectivity index (χ1n) is 2.67. The van der Waals surface area contributed by atoms with E-state index in [2.05, 4.69) is 9.59 Å². The minimum atomic E-state index is -0.362. The van der Waals surface area contributed by atoms with Crippen molar-refractivity contribution in [2.24, 2.45) is 0 Å². The molecule has 0 fully saturated rings. The summed E-state index contributed by atoms with van der Waals surface area (Å²) in [5.41, 5.74) is 0.696. The van der Waals surface area contributed by atoms with Gasteiger partial charge in [-0.1, -0.05) is 4.49 Å². The van der Waals surface area contributed by atoms with Gasteiger partial charge in [-0.05, 0) is 11.5 Å². The maximum atomic E-state index is 9.86. The number of rotatable bonds is 3. The van der Waals surface area contributed by atoms with Crippen LogP contribution in [-0.2, 0) is 6.42 Å². The molecule has 0 aliphatic rings. The molecule has 54 valence electrons. The highest BCUT2D eigenvalue weighted by Gasteiger charge is 2.00. The highest BCUT2D eigenvalue weighted by Crippen LogP contribution is 1.97. The molecule has 0 aliphatic carbocycles. The first-order chi connectivity index (χ1) is 4.79. The molecule has 0 spiro atoms. The maximum absolute atomic E-state index is 9.86. The van der Waals surface area contributed by atoms with Gasteiger partial charge in [-0.15, -0.1) is 5.10 Å². The maximum Gasteiger partial charge on any atom is 0.209 e. The quantitative estimate of drug-likeness (QED) is 0.471. The van der Waals surface area contributed by atoms with Crippen molar-refractivity contribution in [2.45, 2.75) is 6.42 Å². The van der Waals surface area contributed by atoms with Gasteiger partial charge in [0.05, 0.1) is 12.1 Å². The van der Waals surface area contributed by atoms with E-state index in [1.165, 1.54) is 11.5 Å². The molecule has 1 heterocycles. The second kappa shape index (κ2) is 3.21. The number of nitrogens with zero attached hydrogens (tertiary/aromatic N) is 3. The van der Waals surface area contributed by atoms with Gasteiger partial charge < -0.3 is 0 Å². The predicted molar refractivity (Wildman–Crippen MR) is 35.5 cm³/mol. The number of hydrogen-bond acceptors (Lipinski definition) is 5. The molecule has 0 bridgehead atoms. The van der Waals surface area contributed by atoms with E-state index in [4.69, 9.17) is 0 Å². The van der Waals surface area contributed by atoms with Gasteiger partial charge in [0.2, 0.25) is 6.54 Å². The average molecular weight is 159 g/mol. The minimum Gasteiger partial charge on any atom is -0.265 e. The van der Waals surface area contributed by atoms with E-state index in [0.717, 1.165) is 0 Å². The Labute approximate surface area is 61.0 Å². The summed E-state index contributed by atoms with van der Waals surface area (Å²) < 4.78 is 3.57. The Morgan fingerprint density at radius 2 is 2.60 bits per heavy atom. The third kappa shape index (κ3) is 2.06. The lowest BCUT2D eigenvalue weighted by molar-refractivity contribution is -0.479. The first-order valence-corrected chi connectivity index (χ1v) is 3.50. The Morgan fingerprint density at radius 1 is 1.80 bits per heavy atom. The summed E-state index contributed by atoms with van der Waals surface area (Å²) in [6.07, 6.45) is 0.378. The highest BCUT2D eigenvalue weighted by atomic mass is 32.1. The smallest absolute Gasteiger partial charge is 0.209 e. The molecule has 0 N–H and O–H groups in total. The van der Waals surface area contributed by atoms with E-state index in [0.29, 0.717) is 12.1 Å². The average Bonchev–Trinajstić information content (AvgIpc) is 2.34. The second-order valence-corrected chi connectivity index (χ2v) is 2.31. The molecule has 1 aromatic rings. The van der Waals surface area contributed by atoms with Crippen molar-refractivity contribution in [1.82, 2.24) is 9.59 Å². The van der Waals surface area contributed by atoms with Crippen LogP contribution in [0.5, 0.6) is 0 Å². The van der Waals surface area contributed by atoms with E-state index in [9.17, 15) is 10.1 Å². The van der Waals surface area contributed by atoms with Gasteiger partial charge in [0.25, 0.3) is 0 Å². The van der Waals surface area contributed by atoms with Gasteiger partial charge in [-0.3, -0.25) is 10.1 Å². The SMILES string of the molecule is O=[N+]([O-])CCc1csnn1. The molecule has 1 rings (SSSR count). The van der Waals surface area contributed by atoms with Crippen molar-refractivity contribution >= 4 is 11.5 Å². The zero-order valence-electron chi connectivity index (χ0n) is 5.06. The fourth-order valence-electron chi connectivity index (χ4n) is 0.499. The van der Waals surface area contributed by atoms with E-state index in [-0.39, 0.29) is 11.5 Å². The molecule has 0 unspecified atom stereocenters. The Hall–Kier alpha value is -1.04. The van der Waals surface area contributed by atoms with Crippen molar-refractivity contribution < 1.29 is 4.92 Å². The molecular weight excluding hydrogens is 154 g/mol. The van der Waals surface area contributed by atoms with Crippen LogP contribution in [0.2, 0.25) is 0 Å². The van der Waals surface area contributed by atoms with Crippen molar-refractivity contribution in [3.63, 3.8) is 0 Å². The van der Waals surface area contributed by atoms with Gasteiger partial charge in [0, 0.05) is 10.3 Å². The van der Waals surface area contributed by atoms with Crippen LogP contribution >= 0.6 is 11.5 Å². The molecule has 0 aliphatic heterocycles. The Morgan fingerprint density at radius 3 is 3.10 bits per heavy atom. The van der Waals surface area contributed by atoms with Crippen LogP contribution in [-0.4, -0.2) is 21.1 Å². The van der Waals surface area contributed by atoms with Crippen LogP contribution in [0.25, 0.3) is 0 Å². The molecule has 0 amide bonds. The van der Waals surface area contributed by atoms with Crippen molar-refractivity contribution in [3.05, 3.63) is 21.2 Å². The number of hydrogen-bond donors (Lipinski definition) is 0. The molecule has 0 radical (unpaired) electrons. The lowest BCUT2D eigenvalue weighted by atomic mass is 10.3. The summed E-state index contributed by atoms with van der Waals surface area (Å²) in [7, 11) is 0. The van der Waals surface area contributed by atoms with Crippen molar-refractivity contribution in [1.29, 1.82) is 0 Å². The van der Waals surface area contributed by atoms with Gasteiger partial charge in [0.15, 0.2) is 0 Å². The zero-order valence-corrected chi connectivity index (χ0v) is 5.87.